The number of hydrogen-bond acceptors (Lipinski definition) is 4. The fourth-order valence-electron chi connectivity index (χ4n) is 2.15. The maximum atomic E-state index is 11.5. The standard InChI is InChI=1S/C16H19NO3/c1-3-12-6-4-5-7-13(12)10-17-11-14-8-9-20-15(14)16(18)19-2/h4-9,17H,3,10-11H2,1-2H3. The minimum Gasteiger partial charge on any atom is -0.463 e. The number of esters is 1. The molecule has 0 aliphatic carbocycles. The van der Waals surface area contributed by atoms with E-state index in [0.29, 0.717) is 6.54 Å². The molecule has 0 spiro atoms. The molecule has 4 heteroatoms. The lowest BCUT2D eigenvalue weighted by Crippen LogP contribution is -2.15. The van der Waals surface area contributed by atoms with Gasteiger partial charge < -0.3 is 14.5 Å². The third-order valence-electron chi connectivity index (χ3n) is 3.25. The number of nitrogens with one attached hydrogen (secondary N) is 1. The fraction of sp³-hybridized carbons (Fsp3) is 0.312. The molecule has 1 aromatic carbocycles. The van der Waals surface area contributed by atoms with E-state index in [9.17, 15) is 4.79 Å². The molecule has 0 atom stereocenters. The summed E-state index contributed by atoms with van der Waals surface area (Å²) in [6.45, 7) is 3.47. The molecule has 1 aromatic heterocycles. The summed E-state index contributed by atoms with van der Waals surface area (Å²) >= 11 is 0. The molecule has 4 nitrogen and oxygen atoms in total. The second-order valence-corrected chi connectivity index (χ2v) is 4.49. The van der Waals surface area contributed by atoms with Crippen molar-refractivity contribution in [2.24, 2.45) is 0 Å². The Morgan fingerprint density at radius 1 is 1.15 bits per heavy atom. The number of methoxy groups -OCH3 is 1. The Morgan fingerprint density at radius 2 is 1.85 bits per heavy atom. The van der Waals surface area contributed by atoms with Crippen molar-refractivity contribution in [1.82, 2.24) is 5.32 Å². The molecule has 0 unspecified atom stereocenters. The molecule has 0 saturated carbocycles. The van der Waals surface area contributed by atoms with Gasteiger partial charge in [0.25, 0.3) is 0 Å². The topological polar surface area (TPSA) is 51.5 Å². The van der Waals surface area contributed by atoms with Crippen LogP contribution in [0, 0.1) is 0 Å². The van der Waals surface area contributed by atoms with Crippen molar-refractivity contribution in [2.75, 3.05) is 7.11 Å². The van der Waals surface area contributed by atoms with Gasteiger partial charge in [-0.05, 0) is 23.6 Å². The molecule has 0 amide bonds. The van der Waals surface area contributed by atoms with Crippen LogP contribution in [0.4, 0.5) is 0 Å². The van der Waals surface area contributed by atoms with Crippen molar-refractivity contribution >= 4 is 5.97 Å². The summed E-state index contributed by atoms with van der Waals surface area (Å²) < 4.78 is 9.83. The summed E-state index contributed by atoms with van der Waals surface area (Å²) in [7, 11) is 1.35. The van der Waals surface area contributed by atoms with Gasteiger partial charge in [0.2, 0.25) is 5.76 Å². The monoisotopic (exact) mass is 273 g/mol. The van der Waals surface area contributed by atoms with E-state index >= 15 is 0 Å². The lowest BCUT2D eigenvalue weighted by Gasteiger charge is -2.09. The number of hydrogen-bond donors (Lipinski definition) is 1. The Hall–Kier alpha value is -2.07. The highest BCUT2D eigenvalue weighted by Crippen LogP contribution is 2.13. The number of benzene rings is 1. The average molecular weight is 273 g/mol. The van der Waals surface area contributed by atoms with Gasteiger partial charge in [0.15, 0.2) is 0 Å². The van der Waals surface area contributed by atoms with Crippen LogP contribution in [0.2, 0.25) is 0 Å². The van der Waals surface area contributed by atoms with Crippen LogP contribution in [0.15, 0.2) is 41.0 Å². The van der Waals surface area contributed by atoms with Gasteiger partial charge in [0, 0.05) is 18.7 Å². The Bertz CT molecular complexity index is 575. The maximum absolute atomic E-state index is 11.5. The van der Waals surface area contributed by atoms with Gasteiger partial charge in [-0.1, -0.05) is 31.2 Å². The van der Waals surface area contributed by atoms with Crippen molar-refractivity contribution in [2.45, 2.75) is 26.4 Å². The number of aryl methyl sites for hydroxylation is 1. The van der Waals surface area contributed by atoms with Gasteiger partial charge in [-0.15, -0.1) is 0 Å². The largest absolute Gasteiger partial charge is 0.463 e. The van der Waals surface area contributed by atoms with E-state index < -0.39 is 5.97 Å². The first-order valence-electron chi connectivity index (χ1n) is 6.68. The van der Waals surface area contributed by atoms with Crippen molar-refractivity contribution in [3.05, 3.63) is 59.0 Å². The van der Waals surface area contributed by atoms with Crippen LogP contribution in [0.25, 0.3) is 0 Å². The first-order valence-corrected chi connectivity index (χ1v) is 6.68. The highest BCUT2D eigenvalue weighted by molar-refractivity contribution is 5.87. The van der Waals surface area contributed by atoms with Crippen LogP contribution >= 0.6 is 0 Å². The third-order valence-corrected chi connectivity index (χ3v) is 3.25. The highest BCUT2D eigenvalue weighted by Gasteiger charge is 2.15. The molecule has 0 radical (unpaired) electrons. The molecule has 2 aromatic rings. The Balaban J connectivity index is 1.96. The zero-order valence-electron chi connectivity index (χ0n) is 11.8. The Kier molecular flexibility index (Phi) is 4.96. The van der Waals surface area contributed by atoms with Gasteiger partial charge >= 0.3 is 5.97 Å². The van der Waals surface area contributed by atoms with Crippen LogP contribution in [0.1, 0.15) is 34.2 Å². The number of furan rings is 1. The van der Waals surface area contributed by atoms with E-state index in [2.05, 4.69) is 29.1 Å². The van der Waals surface area contributed by atoms with Crippen LogP contribution in [0.5, 0.6) is 0 Å². The van der Waals surface area contributed by atoms with Crippen LogP contribution in [0.3, 0.4) is 0 Å². The van der Waals surface area contributed by atoms with Crippen LogP contribution in [-0.4, -0.2) is 13.1 Å². The van der Waals surface area contributed by atoms with Crippen molar-refractivity contribution in [3.63, 3.8) is 0 Å². The summed E-state index contributed by atoms with van der Waals surface area (Å²) in [5.74, 6) is -0.176. The minimum atomic E-state index is -0.444. The van der Waals surface area contributed by atoms with E-state index in [1.165, 1.54) is 24.5 Å². The Labute approximate surface area is 118 Å². The van der Waals surface area contributed by atoms with Crippen LogP contribution in [-0.2, 0) is 24.2 Å². The predicted molar refractivity (Wildman–Crippen MR) is 76.4 cm³/mol. The molecule has 0 bridgehead atoms. The summed E-state index contributed by atoms with van der Waals surface area (Å²) in [5, 5.41) is 3.33. The number of carbonyl (C=O) groups is 1. The molecular weight excluding hydrogens is 254 g/mol. The molecular formula is C16H19NO3. The number of carbonyl (C=O) groups excluding carboxylic acids is 1. The normalized spacial score (nSPS) is 10.5. The molecule has 20 heavy (non-hydrogen) atoms. The quantitative estimate of drug-likeness (QED) is 0.822. The Morgan fingerprint density at radius 3 is 2.55 bits per heavy atom. The van der Waals surface area contributed by atoms with E-state index in [-0.39, 0.29) is 5.76 Å². The maximum Gasteiger partial charge on any atom is 0.374 e. The average Bonchev–Trinajstić information content (AvgIpc) is 2.95. The van der Waals surface area contributed by atoms with Gasteiger partial charge in [-0.2, -0.15) is 0 Å². The molecule has 106 valence electrons. The summed E-state index contributed by atoms with van der Waals surface area (Å²) in [5.41, 5.74) is 3.42. The first-order chi connectivity index (χ1) is 9.76. The molecule has 0 saturated heterocycles. The van der Waals surface area contributed by atoms with Crippen molar-refractivity contribution in [3.8, 4) is 0 Å². The molecule has 2 rings (SSSR count). The van der Waals surface area contributed by atoms with Gasteiger partial charge in [-0.25, -0.2) is 4.79 Å². The zero-order valence-corrected chi connectivity index (χ0v) is 11.8. The second kappa shape index (κ2) is 6.91. The SMILES string of the molecule is CCc1ccccc1CNCc1ccoc1C(=O)OC. The molecule has 0 aliphatic rings. The summed E-state index contributed by atoms with van der Waals surface area (Å²) in [4.78, 5) is 11.5. The predicted octanol–water partition coefficient (Wildman–Crippen LogP) is 2.92. The van der Waals surface area contributed by atoms with Crippen molar-refractivity contribution in [1.29, 1.82) is 0 Å². The van der Waals surface area contributed by atoms with Crippen LogP contribution < -0.4 is 5.32 Å². The van der Waals surface area contributed by atoms with Crippen molar-refractivity contribution < 1.29 is 13.9 Å². The zero-order chi connectivity index (χ0) is 14.4. The second-order valence-electron chi connectivity index (χ2n) is 4.49. The third kappa shape index (κ3) is 3.27. The van der Waals surface area contributed by atoms with Gasteiger partial charge in [0.05, 0.1) is 13.4 Å². The van der Waals surface area contributed by atoms with E-state index in [4.69, 9.17) is 4.42 Å². The van der Waals surface area contributed by atoms with E-state index in [1.54, 1.807) is 6.07 Å². The molecule has 0 fully saturated rings. The highest BCUT2D eigenvalue weighted by atomic mass is 16.5. The smallest absolute Gasteiger partial charge is 0.374 e. The fourth-order valence-corrected chi connectivity index (χ4v) is 2.15. The minimum absolute atomic E-state index is 0.267. The van der Waals surface area contributed by atoms with E-state index in [0.717, 1.165) is 18.5 Å². The lowest BCUT2D eigenvalue weighted by atomic mass is 10.1. The first kappa shape index (κ1) is 14.3. The molecule has 1 N–H and O–H groups in total. The summed E-state index contributed by atoms with van der Waals surface area (Å²) in [6.07, 6.45) is 2.51. The number of rotatable bonds is 6. The summed E-state index contributed by atoms with van der Waals surface area (Å²) in [6, 6.07) is 10.1. The molecule has 1 heterocycles. The molecule has 0 aliphatic heterocycles. The number of ether oxygens (including phenoxy) is 1. The lowest BCUT2D eigenvalue weighted by molar-refractivity contribution is 0.0563. The van der Waals surface area contributed by atoms with Gasteiger partial charge in [-0.3, -0.25) is 0 Å². The van der Waals surface area contributed by atoms with Gasteiger partial charge in [0.1, 0.15) is 0 Å². The van der Waals surface area contributed by atoms with E-state index in [1.807, 2.05) is 12.1 Å².